The Kier molecular flexibility index (Phi) is 5.95. The monoisotopic (exact) mass is 255 g/mol. The molecule has 0 heterocycles. The van der Waals surface area contributed by atoms with Crippen LogP contribution in [0.1, 0.15) is 52.4 Å². The molecule has 1 aliphatic carbocycles. The topological polar surface area (TPSA) is 87.7 Å². The molecule has 1 aliphatic rings. The van der Waals surface area contributed by atoms with Crippen molar-refractivity contribution in [2.75, 3.05) is 0 Å². The lowest BCUT2D eigenvalue weighted by Gasteiger charge is -2.30. The molecule has 0 bridgehead atoms. The van der Waals surface area contributed by atoms with Gasteiger partial charge in [0, 0.05) is 6.04 Å². The maximum atomic E-state index is 12.1. The Labute approximate surface area is 109 Å². The van der Waals surface area contributed by atoms with E-state index in [4.69, 9.17) is 10.9 Å². The smallest absolute Gasteiger partial charge is 0.231 e. The molecule has 1 amide bonds. The van der Waals surface area contributed by atoms with E-state index in [0.29, 0.717) is 12.3 Å². The number of carbonyl (C=O) groups is 1. The second-order valence-electron chi connectivity index (χ2n) is 5.13. The highest BCUT2D eigenvalue weighted by Crippen LogP contribution is 2.26. The van der Waals surface area contributed by atoms with Crippen LogP contribution >= 0.6 is 0 Å². The van der Waals surface area contributed by atoms with Crippen LogP contribution in [0.5, 0.6) is 0 Å². The summed E-state index contributed by atoms with van der Waals surface area (Å²) in [5.74, 6) is 0.0809. The van der Waals surface area contributed by atoms with Crippen LogP contribution in [-0.4, -0.2) is 23.0 Å². The van der Waals surface area contributed by atoms with Crippen LogP contribution in [0, 0.1) is 11.8 Å². The van der Waals surface area contributed by atoms with Crippen LogP contribution in [0.15, 0.2) is 5.16 Å². The second kappa shape index (κ2) is 7.24. The van der Waals surface area contributed by atoms with Crippen LogP contribution < -0.4 is 11.1 Å². The number of oxime groups is 1. The van der Waals surface area contributed by atoms with Crippen LogP contribution in [0.2, 0.25) is 0 Å². The van der Waals surface area contributed by atoms with Gasteiger partial charge < -0.3 is 16.3 Å². The van der Waals surface area contributed by atoms with E-state index in [0.717, 1.165) is 12.8 Å². The van der Waals surface area contributed by atoms with Gasteiger partial charge in [0.2, 0.25) is 5.91 Å². The van der Waals surface area contributed by atoms with E-state index in [1.165, 1.54) is 19.3 Å². The SMILES string of the molecule is CCC1CCCC(NC(=O)C(CC)C(N)=NO)C1. The summed E-state index contributed by atoms with van der Waals surface area (Å²) in [4.78, 5) is 12.1. The summed E-state index contributed by atoms with van der Waals surface area (Å²) in [5, 5.41) is 14.6. The fourth-order valence-electron chi connectivity index (χ4n) is 2.69. The first-order chi connectivity index (χ1) is 8.62. The highest BCUT2D eigenvalue weighted by Gasteiger charge is 2.26. The van der Waals surface area contributed by atoms with Crippen molar-refractivity contribution < 1.29 is 10.0 Å². The number of nitrogens with two attached hydrogens (primary N) is 1. The Morgan fingerprint density at radius 1 is 1.50 bits per heavy atom. The zero-order valence-electron chi connectivity index (χ0n) is 11.4. The van der Waals surface area contributed by atoms with Crippen molar-refractivity contribution >= 4 is 11.7 Å². The molecule has 104 valence electrons. The van der Waals surface area contributed by atoms with Crippen molar-refractivity contribution in [3.63, 3.8) is 0 Å². The van der Waals surface area contributed by atoms with Crippen molar-refractivity contribution in [3.8, 4) is 0 Å². The molecule has 0 radical (unpaired) electrons. The Bertz CT molecular complexity index is 305. The molecule has 5 nitrogen and oxygen atoms in total. The maximum absolute atomic E-state index is 12.1. The molecular weight excluding hydrogens is 230 g/mol. The zero-order valence-corrected chi connectivity index (χ0v) is 11.4. The van der Waals surface area contributed by atoms with Gasteiger partial charge in [0.25, 0.3) is 0 Å². The molecule has 0 saturated heterocycles. The van der Waals surface area contributed by atoms with E-state index in [1.54, 1.807) is 0 Å². The van der Waals surface area contributed by atoms with E-state index < -0.39 is 5.92 Å². The molecule has 1 saturated carbocycles. The van der Waals surface area contributed by atoms with Crippen molar-refractivity contribution in [3.05, 3.63) is 0 Å². The van der Waals surface area contributed by atoms with Gasteiger partial charge in [-0.1, -0.05) is 38.3 Å². The van der Waals surface area contributed by atoms with Crippen LogP contribution in [-0.2, 0) is 4.79 Å². The van der Waals surface area contributed by atoms with Gasteiger partial charge in [-0.3, -0.25) is 4.79 Å². The second-order valence-corrected chi connectivity index (χ2v) is 5.13. The van der Waals surface area contributed by atoms with Crippen LogP contribution in [0.4, 0.5) is 0 Å². The number of nitrogens with one attached hydrogen (secondary N) is 1. The van der Waals surface area contributed by atoms with Gasteiger partial charge in [0.15, 0.2) is 5.84 Å². The van der Waals surface area contributed by atoms with Gasteiger partial charge >= 0.3 is 0 Å². The fraction of sp³-hybridized carbons (Fsp3) is 0.846. The molecule has 18 heavy (non-hydrogen) atoms. The van der Waals surface area contributed by atoms with Crippen molar-refractivity contribution in [1.29, 1.82) is 0 Å². The first kappa shape index (κ1) is 14.8. The normalized spacial score (nSPS) is 26.7. The lowest BCUT2D eigenvalue weighted by molar-refractivity contribution is -0.124. The molecule has 4 N–H and O–H groups in total. The Morgan fingerprint density at radius 2 is 2.22 bits per heavy atom. The summed E-state index contributed by atoms with van der Waals surface area (Å²) < 4.78 is 0. The van der Waals surface area contributed by atoms with Gasteiger partial charge in [-0.25, -0.2) is 0 Å². The number of nitrogens with zero attached hydrogens (tertiary/aromatic N) is 1. The van der Waals surface area contributed by atoms with Gasteiger partial charge in [-0.15, -0.1) is 0 Å². The molecule has 1 rings (SSSR count). The fourth-order valence-corrected chi connectivity index (χ4v) is 2.69. The molecule has 1 fully saturated rings. The number of rotatable bonds is 5. The Morgan fingerprint density at radius 3 is 2.78 bits per heavy atom. The largest absolute Gasteiger partial charge is 0.409 e. The Balaban J connectivity index is 2.52. The zero-order chi connectivity index (χ0) is 13.5. The van der Waals surface area contributed by atoms with Gasteiger partial charge in [0.1, 0.15) is 0 Å². The molecule has 0 aromatic carbocycles. The van der Waals surface area contributed by atoms with E-state index in [2.05, 4.69) is 17.4 Å². The highest BCUT2D eigenvalue weighted by atomic mass is 16.4. The molecular formula is C13H25N3O2. The molecule has 3 unspecified atom stereocenters. The number of amides is 1. The molecule has 0 aromatic rings. The van der Waals surface area contributed by atoms with Crippen molar-refractivity contribution in [2.45, 2.75) is 58.4 Å². The lowest BCUT2D eigenvalue weighted by Crippen LogP contribution is -2.45. The minimum Gasteiger partial charge on any atom is -0.409 e. The van der Waals surface area contributed by atoms with E-state index >= 15 is 0 Å². The molecule has 0 spiro atoms. The standard InChI is InChI=1S/C13H25N3O2/c1-3-9-6-5-7-10(8-9)15-13(17)11(4-2)12(14)16-18/h9-11,18H,3-8H2,1-2H3,(H2,14,16)(H,15,17). The van der Waals surface area contributed by atoms with Crippen molar-refractivity contribution in [1.82, 2.24) is 5.32 Å². The average molecular weight is 255 g/mol. The van der Waals surface area contributed by atoms with Gasteiger partial charge in [-0.2, -0.15) is 0 Å². The maximum Gasteiger partial charge on any atom is 0.231 e. The number of carbonyl (C=O) groups excluding carboxylic acids is 1. The third-order valence-electron chi connectivity index (χ3n) is 3.90. The molecule has 5 heteroatoms. The van der Waals surface area contributed by atoms with Gasteiger partial charge in [-0.05, 0) is 25.2 Å². The predicted molar refractivity (Wildman–Crippen MR) is 71.4 cm³/mol. The quantitative estimate of drug-likeness (QED) is 0.303. The van der Waals surface area contributed by atoms with Crippen LogP contribution in [0.3, 0.4) is 0 Å². The molecule has 0 aromatic heterocycles. The van der Waals surface area contributed by atoms with E-state index in [9.17, 15) is 4.79 Å². The number of hydrogen-bond acceptors (Lipinski definition) is 3. The van der Waals surface area contributed by atoms with E-state index in [1.807, 2.05) is 6.92 Å². The third kappa shape index (κ3) is 3.89. The first-order valence-corrected chi connectivity index (χ1v) is 6.90. The van der Waals surface area contributed by atoms with Gasteiger partial charge in [0.05, 0.1) is 5.92 Å². The molecule has 3 atom stereocenters. The van der Waals surface area contributed by atoms with Crippen molar-refractivity contribution in [2.24, 2.45) is 22.7 Å². The van der Waals surface area contributed by atoms with E-state index in [-0.39, 0.29) is 17.8 Å². The summed E-state index contributed by atoms with van der Waals surface area (Å²) >= 11 is 0. The Hall–Kier alpha value is -1.26. The minimum atomic E-state index is -0.517. The highest BCUT2D eigenvalue weighted by molar-refractivity contribution is 6.02. The number of amidine groups is 1. The summed E-state index contributed by atoms with van der Waals surface area (Å²) in [6.45, 7) is 4.05. The summed E-state index contributed by atoms with van der Waals surface area (Å²) in [7, 11) is 0. The average Bonchev–Trinajstić information content (AvgIpc) is 2.39. The predicted octanol–water partition coefficient (Wildman–Crippen LogP) is 1.84. The third-order valence-corrected chi connectivity index (χ3v) is 3.90. The summed E-state index contributed by atoms with van der Waals surface area (Å²) in [6, 6.07) is 0.247. The number of hydrogen-bond donors (Lipinski definition) is 3. The summed E-state index contributed by atoms with van der Waals surface area (Å²) in [6.07, 6.45) is 6.24. The minimum absolute atomic E-state index is 0.00199. The lowest BCUT2D eigenvalue weighted by atomic mass is 9.84. The summed E-state index contributed by atoms with van der Waals surface area (Å²) in [5.41, 5.74) is 5.53. The molecule has 0 aliphatic heterocycles. The van der Waals surface area contributed by atoms with Crippen LogP contribution in [0.25, 0.3) is 0 Å². The first-order valence-electron chi connectivity index (χ1n) is 6.90.